The molecule has 16 heteroatoms. The normalized spacial score (nSPS) is 37.3. The number of esters is 1. The molecule has 79 heavy (non-hydrogen) atoms. The number of halogens is 1. The number of aliphatic hydroxyl groups excluding tert-OH is 3. The number of carbonyl (C=O) groups excluding carboxylic acids is 1. The number of aliphatic hydroxyl groups is 5. The van der Waals surface area contributed by atoms with Crippen LogP contribution >= 0.6 is 26.3 Å². The molecular formula is C63H100IN2O12P. The minimum Gasteiger partial charge on any atom is -0.384 e. The van der Waals surface area contributed by atoms with E-state index in [1.807, 2.05) is 46.7 Å². The second-order valence-corrected chi connectivity index (χ2v) is 35.5. The standard InChI is InChI=1S/C63H100IN2O12P/c1-14-52-63(10,72)56(68)46(6)66(36-28-17-15-16-18-29-37-79(64,48-30-22-19-23-31-48,49-32-24-20-25-33-49)50-34-26-21-27-35-50)41-42(2)39-61(8,71)58(78-60-54(67)51(65(11)12)38-43(3)74-60)44(4)55(45(5)59(70)76-52)77-53-40-62(9,73-13)57(69)47(7)75-53/h19-27,30-35,42-47,51-58,60,67-69,71-72H,14-18,28-29,36-41H2,1-13H3/t42-,43-,44+,45-,46-,47+,51+,52-,53+,54-,55+,56-,57+,58-,60+,61-,62-,63-/m1/s1. The van der Waals surface area contributed by atoms with Gasteiger partial charge in [-0.3, -0.25) is 4.79 Å². The Labute approximate surface area is 487 Å². The van der Waals surface area contributed by atoms with E-state index in [1.54, 1.807) is 34.6 Å². The molecule has 3 saturated heterocycles. The van der Waals surface area contributed by atoms with Crippen LogP contribution in [0.5, 0.6) is 0 Å². The Bertz CT molecular complexity index is 2220. The van der Waals surface area contributed by atoms with Gasteiger partial charge in [0.15, 0.2) is 12.6 Å². The molecule has 0 amide bonds. The van der Waals surface area contributed by atoms with Crippen molar-refractivity contribution in [1.82, 2.24) is 9.80 Å². The van der Waals surface area contributed by atoms with Crippen LogP contribution in [0.1, 0.15) is 133 Å². The zero-order valence-electron chi connectivity index (χ0n) is 49.8. The number of cyclic esters (lactones) is 1. The number of likely N-dealkylation sites (N-methyl/N-ethyl adjacent to an activating group) is 1. The molecule has 14 nitrogen and oxygen atoms in total. The quantitative estimate of drug-likeness (QED) is 0.0334. The molecule has 0 aliphatic carbocycles. The first-order valence-corrected chi connectivity index (χ1v) is 34.6. The van der Waals surface area contributed by atoms with Gasteiger partial charge in [-0.15, -0.1) is 0 Å². The molecule has 0 bridgehead atoms. The maximum atomic E-state index is 14.7. The van der Waals surface area contributed by atoms with Gasteiger partial charge in [0.1, 0.15) is 18.3 Å². The number of nitrogens with zero attached hydrogens (tertiary/aromatic N) is 2. The van der Waals surface area contributed by atoms with Crippen LogP contribution in [0.15, 0.2) is 91.0 Å². The van der Waals surface area contributed by atoms with Gasteiger partial charge in [-0.25, -0.2) is 0 Å². The summed E-state index contributed by atoms with van der Waals surface area (Å²) in [5.74, 6) is -2.69. The first-order chi connectivity index (χ1) is 37.2. The van der Waals surface area contributed by atoms with Gasteiger partial charge in [0.25, 0.3) is 0 Å². The number of methoxy groups -OCH3 is 1. The van der Waals surface area contributed by atoms with E-state index in [1.165, 1.54) is 23.0 Å². The summed E-state index contributed by atoms with van der Waals surface area (Å²) in [6.45, 7) is 19.2. The summed E-state index contributed by atoms with van der Waals surface area (Å²) in [5, 5.41) is 65.0. The van der Waals surface area contributed by atoms with Crippen LogP contribution in [-0.4, -0.2) is 172 Å². The molecule has 18 atom stereocenters. The fourth-order valence-corrected chi connectivity index (χ4v) is 22.2. The third-order valence-corrected chi connectivity index (χ3v) is 29.9. The molecule has 3 aromatic rings. The summed E-state index contributed by atoms with van der Waals surface area (Å²) in [7, 11) is 5.34. The minimum atomic E-state index is -2.87. The van der Waals surface area contributed by atoms with Crippen molar-refractivity contribution >= 4 is 48.2 Å². The smallest absolute Gasteiger partial charge is 0.384 e. The van der Waals surface area contributed by atoms with Crippen LogP contribution in [0.2, 0.25) is 0 Å². The Balaban J connectivity index is 1.25. The van der Waals surface area contributed by atoms with E-state index in [-0.39, 0.29) is 37.3 Å². The van der Waals surface area contributed by atoms with E-state index in [0.717, 1.165) is 44.7 Å². The maximum absolute atomic E-state index is 14.7. The fourth-order valence-electron chi connectivity index (χ4n) is 13.4. The van der Waals surface area contributed by atoms with Crippen LogP contribution in [-0.2, 0) is 33.2 Å². The van der Waals surface area contributed by atoms with Gasteiger partial charge in [-0.05, 0) is 68.5 Å². The first kappa shape index (κ1) is 66.0. The van der Waals surface area contributed by atoms with Crippen LogP contribution in [0, 0.1) is 17.8 Å². The third-order valence-electron chi connectivity index (χ3n) is 18.2. The number of benzene rings is 3. The fraction of sp³-hybridized carbons (Fsp3) is 0.698. The molecule has 5 N–H and O–H groups in total. The van der Waals surface area contributed by atoms with Gasteiger partial charge < -0.3 is 53.7 Å². The van der Waals surface area contributed by atoms with Crippen molar-refractivity contribution in [2.24, 2.45) is 17.8 Å². The van der Waals surface area contributed by atoms with E-state index < -0.39 is 100 Å². The van der Waals surface area contributed by atoms with E-state index in [2.05, 4.69) is 125 Å². The van der Waals surface area contributed by atoms with Gasteiger partial charge in [-0.1, -0.05) is 13.8 Å². The Morgan fingerprint density at radius 3 is 1.80 bits per heavy atom. The molecule has 0 aromatic heterocycles. The zero-order valence-corrected chi connectivity index (χ0v) is 52.9. The molecular weight excluding hydrogens is 1130 g/mol. The van der Waals surface area contributed by atoms with Gasteiger partial charge in [0.2, 0.25) is 0 Å². The summed E-state index contributed by atoms with van der Waals surface area (Å²) >= 11 is 2.88. The molecule has 6 rings (SSSR count). The van der Waals surface area contributed by atoms with Crippen LogP contribution < -0.4 is 15.9 Å². The Kier molecular flexibility index (Phi) is 23.5. The molecule has 0 radical (unpaired) electrons. The van der Waals surface area contributed by atoms with Gasteiger partial charge in [0, 0.05) is 25.5 Å². The Hall–Kier alpha value is -2.19. The van der Waals surface area contributed by atoms with Gasteiger partial charge in [0.05, 0.1) is 41.5 Å². The molecule has 3 aliphatic rings. The predicted molar refractivity (Wildman–Crippen MR) is 325 cm³/mol. The van der Waals surface area contributed by atoms with E-state index in [0.29, 0.717) is 19.5 Å². The molecule has 446 valence electrons. The Morgan fingerprint density at radius 2 is 1.28 bits per heavy atom. The molecule has 0 unspecified atom stereocenters. The van der Waals surface area contributed by atoms with Crippen LogP contribution in [0.25, 0.3) is 0 Å². The topological polar surface area (TPSA) is 180 Å². The number of carbonyl (C=O) groups is 1. The molecule has 3 aromatic carbocycles. The molecule has 3 heterocycles. The summed E-state index contributed by atoms with van der Waals surface area (Å²) in [6, 6.07) is 32.4. The first-order valence-electron chi connectivity index (χ1n) is 29.4. The molecule has 0 saturated carbocycles. The molecule has 3 fully saturated rings. The predicted octanol–water partition coefficient (Wildman–Crippen LogP) is 8.49. The molecule has 0 spiro atoms. The van der Waals surface area contributed by atoms with Gasteiger partial charge in [-0.2, -0.15) is 0 Å². The second kappa shape index (κ2) is 28.1. The van der Waals surface area contributed by atoms with Crippen molar-refractivity contribution < 1.29 is 58.7 Å². The van der Waals surface area contributed by atoms with Crippen molar-refractivity contribution in [2.45, 2.75) is 224 Å². The van der Waals surface area contributed by atoms with Crippen molar-refractivity contribution in [2.75, 3.05) is 40.5 Å². The summed E-state index contributed by atoms with van der Waals surface area (Å²) in [6.07, 6.45) is -1.39. The van der Waals surface area contributed by atoms with E-state index >= 15 is 0 Å². The van der Waals surface area contributed by atoms with Gasteiger partial charge >= 0.3 is 251 Å². The van der Waals surface area contributed by atoms with Crippen LogP contribution in [0.3, 0.4) is 0 Å². The van der Waals surface area contributed by atoms with E-state index in [4.69, 9.17) is 28.4 Å². The van der Waals surface area contributed by atoms with Crippen molar-refractivity contribution in [3.05, 3.63) is 91.0 Å². The van der Waals surface area contributed by atoms with E-state index in [9.17, 15) is 30.3 Å². The summed E-state index contributed by atoms with van der Waals surface area (Å²) in [4.78, 5) is 18.9. The number of unbranched alkanes of at least 4 members (excludes halogenated alkanes) is 5. The minimum absolute atomic E-state index is 0.122. The summed E-state index contributed by atoms with van der Waals surface area (Å²) < 4.78 is 35.7. The third kappa shape index (κ3) is 15.0. The monoisotopic (exact) mass is 1230 g/mol. The number of rotatable bonds is 19. The number of hydrogen-bond donors (Lipinski definition) is 5. The average Bonchev–Trinajstić information content (AvgIpc) is 3.48. The zero-order chi connectivity index (χ0) is 58.1. The van der Waals surface area contributed by atoms with Crippen molar-refractivity contribution in [3.8, 4) is 0 Å². The second-order valence-electron chi connectivity index (χ2n) is 24.8. The van der Waals surface area contributed by atoms with Crippen molar-refractivity contribution in [1.29, 1.82) is 0 Å². The number of ether oxygens (including phenoxy) is 6. The SMILES string of the molecule is CC[C@H]1OC(=O)[C@H](C)[C@@H](O[C@H]2C[C@@](C)(OC)[C@@H](O)[C@H](C)O2)[C@H](C)[C@@H](O[C@@H]2O[C@H](C)C[C@H](N(C)C)[C@H]2O)[C@](C)(O)C[C@@H](C)CN(CCCCCCCCP(I)(c2ccccc2)(c2ccccc2)c2ccccc2)[C@H](C)[C@@H](O)[C@]1(C)O. The molecule has 3 aliphatic heterocycles. The number of hydrogen-bond acceptors (Lipinski definition) is 14. The summed E-state index contributed by atoms with van der Waals surface area (Å²) in [5.41, 5.74) is -4.51. The van der Waals surface area contributed by atoms with Crippen molar-refractivity contribution in [3.63, 3.8) is 0 Å². The average molecular weight is 1240 g/mol. The Morgan fingerprint density at radius 1 is 0.747 bits per heavy atom. The van der Waals surface area contributed by atoms with Crippen LogP contribution in [0.4, 0.5) is 0 Å².